The molecule has 45 heavy (non-hydrogen) atoms. The van der Waals surface area contributed by atoms with Gasteiger partial charge in [-0.05, 0) is 53.4 Å². The molecule has 244 valence electrons. The number of likely N-dealkylation sites (tertiary alicyclic amines) is 1. The summed E-state index contributed by atoms with van der Waals surface area (Å²) < 4.78 is 11.8. The molecule has 2 aromatic rings. The molecule has 1 heterocycles. The molecule has 0 radical (unpaired) electrons. The molecule has 3 N–H and O–H groups in total. The van der Waals surface area contributed by atoms with E-state index in [0.29, 0.717) is 19.4 Å². The Kier molecular flexibility index (Phi) is 10.3. The average molecular weight is 622 g/mol. The first kappa shape index (κ1) is 32.7. The summed E-state index contributed by atoms with van der Waals surface area (Å²) in [5.41, 5.74) is -0.313. The van der Waals surface area contributed by atoms with Crippen molar-refractivity contribution in [3.05, 3.63) is 48.0 Å². The maximum Gasteiger partial charge on any atom is 0.407 e. The zero-order valence-electron chi connectivity index (χ0n) is 26.6. The fourth-order valence-corrected chi connectivity index (χ4v) is 7.07. The monoisotopic (exact) mass is 621 g/mol. The van der Waals surface area contributed by atoms with Crippen molar-refractivity contribution in [1.82, 2.24) is 15.5 Å². The van der Waals surface area contributed by atoms with Crippen molar-refractivity contribution in [2.45, 2.75) is 102 Å². The topological polar surface area (TPSA) is 134 Å². The highest BCUT2D eigenvalue weighted by Crippen LogP contribution is 2.46. The Morgan fingerprint density at radius 2 is 1.78 bits per heavy atom. The van der Waals surface area contributed by atoms with Crippen LogP contribution in [0.4, 0.5) is 4.79 Å². The molecular weight excluding hydrogens is 574 g/mol. The minimum Gasteiger partial charge on any atom is -0.479 e. The quantitative estimate of drug-likeness (QED) is 0.303. The first-order chi connectivity index (χ1) is 21.6. The molecule has 2 saturated carbocycles. The lowest BCUT2D eigenvalue weighted by Gasteiger charge is -2.34. The summed E-state index contributed by atoms with van der Waals surface area (Å²) in [4.78, 5) is 54.8. The normalized spacial score (nSPS) is 25.6. The number of benzene rings is 2. The van der Waals surface area contributed by atoms with Crippen molar-refractivity contribution in [2.24, 2.45) is 17.8 Å². The van der Waals surface area contributed by atoms with E-state index < -0.39 is 41.7 Å². The third kappa shape index (κ3) is 7.43. The summed E-state index contributed by atoms with van der Waals surface area (Å²) in [6, 6.07) is 12.3. The molecule has 0 aromatic heterocycles. The van der Waals surface area contributed by atoms with Gasteiger partial charge in [-0.3, -0.25) is 9.59 Å². The number of aliphatic carboxylic acids is 1. The van der Waals surface area contributed by atoms with Crippen LogP contribution in [0.2, 0.25) is 0 Å². The second-order valence-electron chi connectivity index (χ2n) is 13.4. The summed E-state index contributed by atoms with van der Waals surface area (Å²) >= 11 is 0. The van der Waals surface area contributed by atoms with Crippen LogP contribution < -0.4 is 10.6 Å². The average Bonchev–Trinajstić information content (AvgIpc) is 3.60. The molecule has 1 saturated heterocycles. The summed E-state index contributed by atoms with van der Waals surface area (Å²) in [7, 11) is 0. The van der Waals surface area contributed by atoms with E-state index in [9.17, 15) is 24.3 Å². The third-order valence-electron chi connectivity index (χ3n) is 9.74. The van der Waals surface area contributed by atoms with Crippen molar-refractivity contribution in [2.75, 3.05) is 13.2 Å². The minimum absolute atomic E-state index is 0.0875. The Morgan fingerprint density at radius 1 is 1.04 bits per heavy atom. The number of ether oxygens (including phenoxy) is 2. The molecule has 3 unspecified atom stereocenters. The van der Waals surface area contributed by atoms with Crippen molar-refractivity contribution in [1.29, 1.82) is 0 Å². The highest BCUT2D eigenvalue weighted by molar-refractivity contribution is 5.96. The zero-order chi connectivity index (χ0) is 32.1. The van der Waals surface area contributed by atoms with E-state index in [2.05, 4.69) is 10.6 Å². The van der Waals surface area contributed by atoms with E-state index >= 15 is 0 Å². The van der Waals surface area contributed by atoms with Gasteiger partial charge in [0, 0.05) is 13.0 Å². The van der Waals surface area contributed by atoms with Crippen LogP contribution in [-0.2, 0) is 30.5 Å². The number of amides is 3. The van der Waals surface area contributed by atoms with Gasteiger partial charge < -0.3 is 30.1 Å². The van der Waals surface area contributed by atoms with Crippen LogP contribution in [0.5, 0.6) is 0 Å². The fourth-order valence-electron chi connectivity index (χ4n) is 7.07. The van der Waals surface area contributed by atoms with Gasteiger partial charge in [-0.2, -0.15) is 0 Å². The number of carboxylic acids is 1. The van der Waals surface area contributed by atoms with E-state index in [4.69, 9.17) is 9.47 Å². The largest absolute Gasteiger partial charge is 0.479 e. The lowest BCUT2D eigenvalue weighted by molar-refractivity contribution is -0.146. The number of carboxylic acid groups (broad SMARTS) is 1. The van der Waals surface area contributed by atoms with Crippen LogP contribution in [0.25, 0.3) is 10.8 Å². The van der Waals surface area contributed by atoms with Crippen LogP contribution in [0.15, 0.2) is 42.5 Å². The molecule has 2 aliphatic carbocycles. The van der Waals surface area contributed by atoms with E-state index in [1.807, 2.05) is 63.2 Å². The Balaban J connectivity index is 1.37. The number of alkyl carbamates (subject to hydrolysis) is 1. The van der Waals surface area contributed by atoms with Gasteiger partial charge in [-0.25, -0.2) is 9.59 Å². The Morgan fingerprint density at radius 3 is 2.47 bits per heavy atom. The second-order valence-corrected chi connectivity index (χ2v) is 13.4. The number of fused-ring (bicyclic) bond motifs is 1. The summed E-state index contributed by atoms with van der Waals surface area (Å²) in [6.07, 6.45) is 4.67. The van der Waals surface area contributed by atoms with Gasteiger partial charge in [0.25, 0.3) is 0 Å². The lowest BCUT2D eigenvalue weighted by atomic mass is 9.83. The highest BCUT2D eigenvalue weighted by Gasteiger charge is 2.61. The number of rotatable bonds is 12. The van der Waals surface area contributed by atoms with Gasteiger partial charge in [-0.1, -0.05) is 88.9 Å². The molecule has 10 nitrogen and oxygen atoms in total. The molecule has 3 aliphatic rings. The standard InChI is InChI=1S/C35H47N3O7/c1-4-26-18-35(26,33(41)42)37-31(39)29-17-27(44-21-25-15-10-14-23-11-8-9-16-28(23)25)19-38(29)32(40)30(24-12-6-5-7-13-24)36-34(43)45-20-22(2)3/h8-11,14-16,22,24,26-27,29-30H,4-7,12-13,17-21H2,1-3H3,(H,36,43)(H,37,39)(H,41,42)/t26?,27?,29-,30-,35?/m0/s1. The van der Waals surface area contributed by atoms with E-state index in [1.54, 1.807) is 0 Å². The number of nitrogens with one attached hydrogen (secondary N) is 2. The second kappa shape index (κ2) is 14.2. The van der Waals surface area contributed by atoms with Crippen molar-refractivity contribution >= 4 is 34.6 Å². The smallest absolute Gasteiger partial charge is 0.407 e. The van der Waals surface area contributed by atoms with E-state index in [1.165, 1.54) is 4.90 Å². The van der Waals surface area contributed by atoms with Gasteiger partial charge in [0.2, 0.25) is 11.8 Å². The minimum atomic E-state index is -1.32. The SMILES string of the molecule is CCC1CC1(NC(=O)[C@@H]1CC(OCc2cccc3ccccc23)CN1C(=O)[C@@H](NC(=O)OCC(C)C)C1CCCCC1)C(=O)O. The Labute approximate surface area is 265 Å². The lowest BCUT2D eigenvalue weighted by Crippen LogP contribution is -2.58. The van der Waals surface area contributed by atoms with Gasteiger partial charge in [0.15, 0.2) is 0 Å². The van der Waals surface area contributed by atoms with Gasteiger partial charge in [-0.15, -0.1) is 0 Å². The van der Waals surface area contributed by atoms with Crippen LogP contribution >= 0.6 is 0 Å². The van der Waals surface area contributed by atoms with Crippen LogP contribution in [0.1, 0.15) is 77.7 Å². The molecule has 3 amide bonds. The maximum atomic E-state index is 14.4. The zero-order valence-corrected chi connectivity index (χ0v) is 26.6. The number of nitrogens with zero attached hydrogens (tertiary/aromatic N) is 1. The van der Waals surface area contributed by atoms with Crippen molar-refractivity contribution in [3.63, 3.8) is 0 Å². The van der Waals surface area contributed by atoms with E-state index in [0.717, 1.165) is 48.4 Å². The maximum absolute atomic E-state index is 14.4. The first-order valence-corrected chi connectivity index (χ1v) is 16.5. The van der Waals surface area contributed by atoms with Crippen LogP contribution in [0, 0.1) is 17.8 Å². The summed E-state index contributed by atoms with van der Waals surface area (Å²) in [5.74, 6) is -2.01. The van der Waals surface area contributed by atoms with Crippen LogP contribution in [0.3, 0.4) is 0 Å². The molecule has 5 rings (SSSR count). The molecule has 1 aliphatic heterocycles. The van der Waals surface area contributed by atoms with Gasteiger partial charge in [0.05, 0.1) is 19.3 Å². The predicted molar refractivity (Wildman–Crippen MR) is 169 cm³/mol. The Hall–Kier alpha value is -3.66. The molecule has 0 spiro atoms. The summed E-state index contributed by atoms with van der Waals surface area (Å²) in [5, 5.41) is 17.8. The van der Waals surface area contributed by atoms with E-state index in [-0.39, 0.29) is 43.2 Å². The van der Waals surface area contributed by atoms with Crippen molar-refractivity contribution in [3.8, 4) is 0 Å². The fraction of sp³-hybridized carbons (Fsp3) is 0.600. The molecular formula is C35H47N3O7. The number of hydrogen-bond donors (Lipinski definition) is 3. The van der Waals surface area contributed by atoms with Gasteiger partial charge >= 0.3 is 12.1 Å². The van der Waals surface area contributed by atoms with Crippen molar-refractivity contribution < 1.29 is 33.8 Å². The number of hydrogen-bond acceptors (Lipinski definition) is 6. The molecule has 2 aromatic carbocycles. The first-order valence-electron chi connectivity index (χ1n) is 16.5. The summed E-state index contributed by atoms with van der Waals surface area (Å²) in [6.45, 7) is 6.47. The van der Waals surface area contributed by atoms with Crippen LogP contribution in [-0.4, -0.2) is 70.8 Å². The third-order valence-corrected chi connectivity index (χ3v) is 9.74. The molecule has 10 heteroatoms. The number of carbonyl (C=O) groups excluding carboxylic acids is 3. The predicted octanol–water partition coefficient (Wildman–Crippen LogP) is 5.03. The van der Waals surface area contributed by atoms with Gasteiger partial charge in [0.1, 0.15) is 17.6 Å². The molecule has 0 bridgehead atoms. The highest BCUT2D eigenvalue weighted by atomic mass is 16.5. The Bertz CT molecular complexity index is 1390. The molecule has 3 fully saturated rings. The molecule has 5 atom stereocenters. The number of carbonyl (C=O) groups is 4.